The molecule has 72 valence electrons. The maximum atomic E-state index is 11.3. The number of hydrogen-bond donors (Lipinski definition) is 1. The van der Waals surface area contributed by atoms with Crippen molar-refractivity contribution in [1.29, 1.82) is 0 Å². The van der Waals surface area contributed by atoms with Crippen molar-refractivity contribution in [2.24, 2.45) is 0 Å². The summed E-state index contributed by atoms with van der Waals surface area (Å²) in [5.41, 5.74) is 0. The second-order valence-corrected chi connectivity index (χ2v) is 5.05. The van der Waals surface area contributed by atoms with E-state index in [9.17, 15) is 4.79 Å². The maximum Gasteiger partial charge on any atom is 0.261 e. The Labute approximate surface area is 90.8 Å². The third-order valence-electron chi connectivity index (χ3n) is 1.34. The summed E-state index contributed by atoms with van der Waals surface area (Å²) in [7, 11) is 0. The number of alkyl halides is 1. The fraction of sp³-hybridized carbons (Fsp3) is 0.375. The van der Waals surface area contributed by atoms with E-state index in [1.807, 2.05) is 6.92 Å². The van der Waals surface area contributed by atoms with Crippen LogP contribution in [-0.2, 0) is 0 Å². The number of nitrogens with one attached hydrogen (secondary N) is 1. The van der Waals surface area contributed by atoms with Gasteiger partial charge in [-0.05, 0) is 19.1 Å². The van der Waals surface area contributed by atoms with E-state index in [1.54, 1.807) is 12.1 Å². The fourth-order valence-corrected chi connectivity index (χ4v) is 1.79. The van der Waals surface area contributed by atoms with E-state index in [2.05, 4.69) is 5.32 Å². The van der Waals surface area contributed by atoms with Crippen molar-refractivity contribution in [2.75, 3.05) is 6.54 Å². The number of amides is 1. The Hall–Kier alpha value is -0.250. The molecule has 2 nitrogen and oxygen atoms in total. The van der Waals surface area contributed by atoms with Gasteiger partial charge in [-0.2, -0.15) is 0 Å². The van der Waals surface area contributed by atoms with Gasteiger partial charge in [-0.3, -0.25) is 4.79 Å². The van der Waals surface area contributed by atoms with Gasteiger partial charge in [-0.25, -0.2) is 0 Å². The molecule has 5 heteroatoms. The van der Waals surface area contributed by atoms with Gasteiger partial charge in [-0.1, -0.05) is 11.6 Å². The van der Waals surface area contributed by atoms with Crippen molar-refractivity contribution in [3.8, 4) is 0 Å². The SMILES string of the molecule is CC(Cl)CNC(=O)c1ccc(Cl)s1. The Morgan fingerprint density at radius 1 is 1.69 bits per heavy atom. The third-order valence-corrected chi connectivity index (χ3v) is 2.73. The number of carbonyl (C=O) groups is 1. The van der Waals surface area contributed by atoms with Gasteiger partial charge in [0.1, 0.15) is 0 Å². The molecule has 0 saturated carbocycles. The molecule has 0 saturated heterocycles. The molecule has 1 amide bonds. The molecule has 0 spiro atoms. The first-order chi connectivity index (χ1) is 6.09. The van der Waals surface area contributed by atoms with Crippen molar-refractivity contribution < 1.29 is 4.79 Å². The van der Waals surface area contributed by atoms with E-state index < -0.39 is 0 Å². The lowest BCUT2D eigenvalue weighted by molar-refractivity contribution is 0.0958. The van der Waals surface area contributed by atoms with Gasteiger partial charge in [0.05, 0.1) is 9.21 Å². The zero-order valence-corrected chi connectivity index (χ0v) is 9.34. The highest BCUT2D eigenvalue weighted by molar-refractivity contribution is 7.17. The smallest absolute Gasteiger partial charge is 0.261 e. The van der Waals surface area contributed by atoms with Crippen molar-refractivity contribution in [3.63, 3.8) is 0 Å². The Morgan fingerprint density at radius 3 is 2.85 bits per heavy atom. The van der Waals surface area contributed by atoms with Crippen LogP contribution >= 0.6 is 34.5 Å². The number of thiophene rings is 1. The standard InChI is InChI=1S/C8H9Cl2NOS/c1-5(9)4-11-8(12)6-2-3-7(10)13-6/h2-3,5H,4H2,1H3,(H,11,12). The summed E-state index contributed by atoms with van der Waals surface area (Å²) >= 11 is 12.6. The Bertz CT molecular complexity index is 298. The van der Waals surface area contributed by atoms with Gasteiger partial charge in [0.15, 0.2) is 0 Å². The minimum atomic E-state index is -0.121. The molecular formula is C8H9Cl2NOS. The van der Waals surface area contributed by atoms with Crippen LogP contribution in [0.4, 0.5) is 0 Å². The zero-order chi connectivity index (χ0) is 9.84. The predicted molar refractivity (Wildman–Crippen MR) is 57.0 cm³/mol. The summed E-state index contributed by atoms with van der Waals surface area (Å²) < 4.78 is 0.615. The lowest BCUT2D eigenvalue weighted by Gasteiger charge is -2.03. The van der Waals surface area contributed by atoms with Crippen LogP contribution in [0.25, 0.3) is 0 Å². The molecule has 1 N–H and O–H groups in total. The molecule has 0 aliphatic rings. The fourth-order valence-electron chi connectivity index (χ4n) is 0.757. The average Bonchev–Trinajstić information content (AvgIpc) is 2.47. The normalized spacial score (nSPS) is 12.5. The molecule has 0 aliphatic heterocycles. The van der Waals surface area contributed by atoms with Crippen LogP contribution in [0, 0.1) is 0 Å². The molecule has 0 radical (unpaired) electrons. The molecule has 1 heterocycles. The van der Waals surface area contributed by atoms with Crippen LogP contribution in [-0.4, -0.2) is 17.8 Å². The quantitative estimate of drug-likeness (QED) is 0.806. The van der Waals surface area contributed by atoms with Crippen LogP contribution < -0.4 is 5.32 Å². The van der Waals surface area contributed by atoms with Gasteiger partial charge in [-0.15, -0.1) is 22.9 Å². The van der Waals surface area contributed by atoms with E-state index in [-0.39, 0.29) is 11.3 Å². The average molecular weight is 238 g/mol. The van der Waals surface area contributed by atoms with Crippen LogP contribution in [0.2, 0.25) is 4.34 Å². The topological polar surface area (TPSA) is 29.1 Å². The van der Waals surface area contributed by atoms with Crippen LogP contribution in [0.15, 0.2) is 12.1 Å². The third kappa shape index (κ3) is 3.55. The molecule has 1 atom stereocenters. The first-order valence-electron chi connectivity index (χ1n) is 3.77. The Kier molecular flexibility index (Phi) is 4.03. The summed E-state index contributed by atoms with van der Waals surface area (Å²) in [4.78, 5) is 12.0. The summed E-state index contributed by atoms with van der Waals surface area (Å²) in [6, 6.07) is 3.40. The van der Waals surface area contributed by atoms with Gasteiger partial charge < -0.3 is 5.32 Å². The maximum absolute atomic E-state index is 11.3. The molecule has 13 heavy (non-hydrogen) atoms. The molecule has 0 aromatic carbocycles. The Morgan fingerprint density at radius 2 is 2.38 bits per heavy atom. The minimum absolute atomic E-state index is 0.0561. The molecule has 1 unspecified atom stereocenters. The largest absolute Gasteiger partial charge is 0.350 e. The zero-order valence-electron chi connectivity index (χ0n) is 7.01. The number of rotatable bonds is 3. The summed E-state index contributed by atoms with van der Waals surface area (Å²) in [6.45, 7) is 2.29. The Balaban J connectivity index is 2.49. The lowest BCUT2D eigenvalue weighted by atomic mass is 10.4. The highest BCUT2D eigenvalue weighted by Gasteiger charge is 2.08. The van der Waals surface area contributed by atoms with E-state index in [1.165, 1.54) is 11.3 Å². The van der Waals surface area contributed by atoms with Crippen LogP contribution in [0.5, 0.6) is 0 Å². The summed E-state index contributed by atoms with van der Waals surface area (Å²) in [6.07, 6.45) is 0. The summed E-state index contributed by atoms with van der Waals surface area (Å²) in [5.74, 6) is -0.121. The summed E-state index contributed by atoms with van der Waals surface area (Å²) in [5, 5.41) is 2.64. The molecule has 1 aromatic rings. The van der Waals surface area contributed by atoms with Crippen molar-refractivity contribution in [3.05, 3.63) is 21.3 Å². The van der Waals surface area contributed by atoms with Gasteiger partial charge in [0.25, 0.3) is 5.91 Å². The first-order valence-corrected chi connectivity index (χ1v) is 5.40. The van der Waals surface area contributed by atoms with Crippen molar-refractivity contribution >= 4 is 40.4 Å². The van der Waals surface area contributed by atoms with Gasteiger partial charge in [0, 0.05) is 11.9 Å². The molecule has 0 aliphatic carbocycles. The molecular weight excluding hydrogens is 229 g/mol. The first kappa shape index (κ1) is 10.8. The molecule has 1 rings (SSSR count). The monoisotopic (exact) mass is 237 g/mol. The molecule has 0 bridgehead atoms. The predicted octanol–water partition coefficient (Wildman–Crippen LogP) is 2.76. The number of halogens is 2. The van der Waals surface area contributed by atoms with E-state index in [0.29, 0.717) is 15.8 Å². The minimum Gasteiger partial charge on any atom is -0.350 e. The van der Waals surface area contributed by atoms with E-state index in [0.717, 1.165) is 0 Å². The second kappa shape index (κ2) is 4.84. The van der Waals surface area contributed by atoms with Crippen molar-refractivity contribution in [1.82, 2.24) is 5.32 Å². The number of hydrogen-bond acceptors (Lipinski definition) is 2. The molecule has 0 fully saturated rings. The van der Waals surface area contributed by atoms with Crippen molar-refractivity contribution in [2.45, 2.75) is 12.3 Å². The molecule has 1 aromatic heterocycles. The highest BCUT2D eigenvalue weighted by Crippen LogP contribution is 2.20. The van der Waals surface area contributed by atoms with Gasteiger partial charge >= 0.3 is 0 Å². The van der Waals surface area contributed by atoms with Crippen LogP contribution in [0.3, 0.4) is 0 Å². The van der Waals surface area contributed by atoms with E-state index >= 15 is 0 Å². The second-order valence-electron chi connectivity index (χ2n) is 2.59. The highest BCUT2D eigenvalue weighted by atomic mass is 35.5. The van der Waals surface area contributed by atoms with Crippen LogP contribution in [0.1, 0.15) is 16.6 Å². The lowest BCUT2D eigenvalue weighted by Crippen LogP contribution is -2.27. The van der Waals surface area contributed by atoms with E-state index in [4.69, 9.17) is 23.2 Å². The van der Waals surface area contributed by atoms with Gasteiger partial charge in [0.2, 0.25) is 0 Å². The number of carbonyl (C=O) groups excluding carboxylic acids is 1.